The molecule has 1 saturated heterocycles. The van der Waals surface area contributed by atoms with Crippen LogP contribution in [0.3, 0.4) is 0 Å². The van der Waals surface area contributed by atoms with E-state index in [1.807, 2.05) is 0 Å². The van der Waals surface area contributed by atoms with Gasteiger partial charge in [0.1, 0.15) is 6.54 Å². The molecule has 10 heteroatoms. The molecule has 2 amide bonds. The first-order valence-electron chi connectivity index (χ1n) is 11.0. The van der Waals surface area contributed by atoms with Crippen LogP contribution in [0, 0.1) is 11.8 Å². The van der Waals surface area contributed by atoms with Crippen LogP contribution in [-0.2, 0) is 16.1 Å². The summed E-state index contributed by atoms with van der Waals surface area (Å²) in [6.07, 6.45) is -0.789. The quantitative estimate of drug-likeness (QED) is 0.761. The van der Waals surface area contributed by atoms with E-state index in [1.54, 1.807) is 4.90 Å². The Morgan fingerprint density at radius 1 is 1.09 bits per heavy atom. The first-order chi connectivity index (χ1) is 15.2. The lowest BCUT2D eigenvalue weighted by Crippen LogP contribution is -2.39. The number of carbonyl (C=O) groups excluding carboxylic acids is 2. The topological polar surface area (TPSA) is 84.5 Å². The third-order valence-corrected chi connectivity index (χ3v) is 6.44. The number of hydrogen-bond acceptors (Lipinski definition) is 4. The molecule has 1 N–H and O–H groups in total. The number of oxazole rings is 1. The Labute approximate surface area is 182 Å². The van der Waals surface area contributed by atoms with E-state index in [2.05, 4.69) is 5.32 Å². The number of alkyl halides is 3. The van der Waals surface area contributed by atoms with Crippen molar-refractivity contribution in [3.63, 3.8) is 0 Å². The van der Waals surface area contributed by atoms with E-state index in [-0.39, 0.29) is 30.9 Å². The molecule has 32 heavy (non-hydrogen) atoms. The Bertz CT molecular complexity index is 1050. The number of fused-ring (bicyclic) bond motifs is 1. The Morgan fingerprint density at radius 2 is 1.84 bits per heavy atom. The van der Waals surface area contributed by atoms with Crippen LogP contribution in [-0.4, -0.2) is 40.5 Å². The van der Waals surface area contributed by atoms with E-state index in [0.29, 0.717) is 37.1 Å². The average Bonchev–Trinajstić information content (AvgIpc) is 3.08. The highest BCUT2D eigenvalue weighted by atomic mass is 19.4. The van der Waals surface area contributed by atoms with Gasteiger partial charge in [0, 0.05) is 24.7 Å². The van der Waals surface area contributed by atoms with Crippen LogP contribution in [0.4, 0.5) is 18.9 Å². The van der Waals surface area contributed by atoms with Crippen molar-refractivity contribution in [2.75, 3.05) is 18.4 Å². The second-order valence-corrected chi connectivity index (χ2v) is 8.67. The van der Waals surface area contributed by atoms with Crippen molar-refractivity contribution >= 4 is 28.6 Å². The molecule has 1 aromatic carbocycles. The number of likely N-dealkylation sites (tertiary alicyclic amines) is 1. The first kappa shape index (κ1) is 22.4. The lowest BCUT2D eigenvalue weighted by Gasteiger charge is -2.29. The molecule has 0 radical (unpaired) electrons. The van der Waals surface area contributed by atoms with E-state index in [9.17, 15) is 27.6 Å². The fraction of sp³-hybridized carbons (Fsp3) is 0.591. The van der Waals surface area contributed by atoms with E-state index >= 15 is 0 Å². The smallest absolute Gasteiger partial charge is 0.408 e. The molecule has 2 aliphatic rings. The molecule has 2 atom stereocenters. The zero-order chi connectivity index (χ0) is 22.9. The van der Waals surface area contributed by atoms with Crippen molar-refractivity contribution in [2.24, 2.45) is 11.8 Å². The van der Waals surface area contributed by atoms with Gasteiger partial charge in [0.25, 0.3) is 0 Å². The lowest BCUT2D eigenvalue weighted by molar-refractivity contribution is -0.185. The molecule has 1 aliphatic heterocycles. The highest BCUT2D eigenvalue weighted by Crippen LogP contribution is 2.40. The van der Waals surface area contributed by atoms with Crippen molar-refractivity contribution in [3.8, 4) is 0 Å². The number of benzene rings is 1. The Morgan fingerprint density at radius 3 is 2.56 bits per heavy atom. The molecule has 2 heterocycles. The number of aromatic nitrogens is 1. The molecular weight excluding hydrogens is 427 g/mol. The summed E-state index contributed by atoms with van der Waals surface area (Å²) in [5.41, 5.74) is 0.973. The maximum absolute atomic E-state index is 13.1. The van der Waals surface area contributed by atoms with Crippen molar-refractivity contribution in [3.05, 3.63) is 28.7 Å². The summed E-state index contributed by atoms with van der Waals surface area (Å²) < 4.78 is 45.6. The van der Waals surface area contributed by atoms with Crippen LogP contribution in [0.2, 0.25) is 0 Å². The van der Waals surface area contributed by atoms with Gasteiger partial charge in [-0.2, -0.15) is 13.2 Å². The molecule has 0 bridgehead atoms. The number of nitrogens with zero attached hydrogens (tertiary/aromatic N) is 2. The summed E-state index contributed by atoms with van der Waals surface area (Å²) in [5.74, 6) is -3.51. The zero-order valence-corrected chi connectivity index (χ0v) is 17.6. The van der Waals surface area contributed by atoms with E-state index in [0.717, 1.165) is 19.3 Å². The van der Waals surface area contributed by atoms with Crippen LogP contribution in [0.5, 0.6) is 0 Å². The molecule has 7 nitrogen and oxygen atoms in total. The molecule has 2 aromatic rings. The number of piperidine rings is 1. The summed E-state index contributed by atoms with van der Waals surface area (Å²) in [5, 5.41) is 2.67. The molecule has 4 rings (SSSR count). The summed E-state index contributed by atoms with van der Waals surface area (Å²) >= 11 is 0. The van der Waals surface area contributed by atoms with Gasteiger partial charge in [0.15, 0.2) is 5.58 Å². The number of nitrogens with one attached hydrogen (secondary N) is 1. The monoisotopic (exact) mass is 453 g/mol. The van der Waals surface area contributed by atoms with E-state index in [1.165, 1.54) is 22.8 Å². The van der Waals surface area contributed by atoms with Crippen molar-refractivity contribution in [1.82, 2.24) is 9.47 Å². The third kappa shape index (κ3) is 4.83. The van der Waals surface area contributed by atoms with Crippen molar-refractivity contribution in [2.45, 2.75) is 57.7 Å². The van der Waals surface area contributed by atoms with Gasteiger partial charge in [0.2, 0.25) is 11.8 Å². The summed E-state index contributed by atoms with van der Waals surface area (Å²) in [6.45, 7) is 1.15. The summed E-state index contributed by atoms with van der Waals surface area (Å²) in [7, 11) is 0. The van der Waals surface area contributed by atoms with Gasteiger partial charge in [-0.3, -0.25) is 14.2 Å². The largest absolute Gasteiger partial charge is 0.420 e. The fourth-order valence-corrected chi connectivity index (χ4v) is 4.64. The SMILES string of the molecule is O=C(Nc1ccc2oc(=O)n(CC(=O)N3CCCCC3)c2c1)C1CCCC(C(F)(F)F)C1. The molecule has 0 spiro atoms. The third-order valence-electron chi connectivity index (χ3n) is 6.44. The predicted molar refractivity (Wildman–Crippen MR) is 111 cm³/mol. The van der Waals surface area contributed by atoms with Crippen LogP contribution in [0.25, 0.3) is 11.1 Å². The first-order valence-corrected chi connectivity index (χ1v) is 11.0. The van der Waals surface area contributed by atoms with Crippen molar-refractivity contribution < 1.29 is 27.2 Å². The van der Waals surface area contributed by atoms with Crippen LogP contribution in [0.15, 0.2) is 27.4 Å². The molecule has 1 aromatic heterocycles. The highest BCUT2D eigenvalue weighted by molar-refractivity contribution is 5.94. The number of anilines is 1. The van der Waals surface area contributed by atoms with Crippen LogP contribution >= 0.6 is 0 Å². The minimum Gasteiger partial charge on any atom is -0.408 e. The van der Waals surface area contributed by atoms with Gasteiger partial charge in [-0.05, 0) is 56.7 Å². The second-order valence-electron chi connectivity index (χ2n) is 8.67. The fourth-order valence-electron chi connectivity index (χ4n) is 4.64. The molecule has 2 unspecified atom stereocenters. The van der Waals surface area contributed by atoms with Crippen LogP contribution in [0.1, 0.15) is 44.9 Å². The van der Waals surface area contributed by atoms with Gasteiger partial charge in [-0.15, -0.1) is 0 Å². The predicted octanol–water partition coefficient (Wildman–Crippen LogP) is 3.91. The Hall–Kier alpha value is -2.78. The standard InChI is InChI=1S/C22H26F3N3O4/c23-22(24,25)15-6-4-5-14(11-15)20(30)26-16-7-8-18-17(12-16)28(21(31)32-18)13-19(29)27-9-2-1-3-10-27/h7-8,12,14-15H,1-6,9-11,13H2,(H,26,30). The van der Waals surface area contributed by atoms with E-state index in [4.69, 9.17) is 4.42 Å². The minimum absolute atomic E-state index is 0.0472. The number of rotatable bonds is 4. The number of carbonyl (C=O) groups is 2. The van der Waals surface area contributed by atoms with E-state index < -0.39 is 29.7 Å². The Kier molecular flexibility index (Phi) is 6.30. The molecular formula is C22H26F3N3O4. The number of halogens is 3. The van der Waals surface area contributed by atoms with Crippen LogP contribution < -0.4 is 11.1 Å². The van der Waals surface area contributed by atoms with Gasteiger partial charge in [-0.25, -0.2) is 4.79 Å². The zero-order valence-electron chi connectivity index (χ0n) is 17.6. The lowest BCUT2D eigenvalue weighted by atomic mass is 9.80. The molecule has 1 aliphatic carbocycles. The second kappa shape index (κ2) is 8.99. The van der Waals surface area contributed by atoms with Gasteiger partial charge in [-0.1, -0.05) is 6.42 Å². The molecule has 1 saturated carbocycles. The number of hydrogen-bond donors (Lipinski definition) is 1. The number of amides is 2. The average molecular weight is 453 g/mol. The highest BCUT2D eigenvalue weighted by Gasteiger charge is 2.43. The normalized spacial score (nSPS) is 22.2. The maximum atomic E-state index is 13.1. The minimum atomic E-state index is -4.30. The van der Waals surface area contributed by atoms with Gasteiger partial charge in [0.05, 0.1) is 11.4 Å². The maximum Gasteiger partial charge on any atom is 0.420 e. The van der Waals surface area contributed by atoms with Gasteiger partial charge >= 0.3 is 11.9 Å². The van der Waals surface area contributed by atoms with Gasteiger partial charge < -0.3 is 14.6 Å². The molecule has 2 fully saturated rings. The molecule has 174 valence electrons. The summed E-state index contributed by atoms with van der Waals surface area (Å²) in [4.78, 5) is 39.2. The Balaban J connectivity index is 1.49. The summed E-state index contributed by atoms with van der Waals surface area (Å²) in [6, 6.07) is 4.56. The van der Waals surface area contributed by atoms with Crippen molar-refractivity contribution in [1.29, 1.82) is 0 Å².